The molecule has 1 amide bonds. The Morgan fingerprint density at radius 3 is 2.58 bits per heavy atom. The van der Waals surface area contributed by atoms with Gasteiger partial charge in [-0.2, -0.15) is 0 Å². The van der Waals surface area contributed by atoms with Crippen LogP contribution in [0.1, 0.15) is 16.2 Å². The molecule has 158 valence electrons. The maximum absolute atomic E-state index is 13.3. The molecule has 0 unspecified atom stereocenters. The lowest BCUT2D eigenvalue weighted by atomic mass is 10.2. The maximum atomic E-state index is 13.3. The van der Waals surface area contributed by atoms with Crippen molar-refractivity contribution in [3.8, 4) is 0 Å². The van der Waals surface area contributed by atoms with Crippen molar-refractivity contribution in [2.24, 2.45) is 0 Å². The van der Waals surface area contributed by atoms with E-state index in [2.05, 4.69) is 20.2 Å². The number of hydrogen-bond acceptors (Lipinski definition) is 5. The van der Waals surface area contributed by atoms with E-state index in [1.54, 1.807) is 16.7 Å². The molecule has 0 spiro atoms. The van der Waals surface area contributed by atoms with Gasteiger partial charge in [0.1, 0.15) is 5.82 Å². The average molecular weight is 460 g/mol. The first-order chi connectivity index (χ1) is 14.8. The molecule has 4 aromatic rings. The molecule has 0 aliphatic carbocycles. The van der Waals surface area contributed by atoms with Crippen molar-refractivity contribution in [1.29, 1.82) is 0 Å². The summed E-state index contributed by atoms with van der Waals surface area (Å²) in [6, 6.07) is 14.4. The Bertz CT molecular complexity index is 1370. The number of amides is 1. The van der Waals surface area contributed by atoms with Crippen LogP contribution in [-0.4, -0.2) is 28.9 Å². The second kappa shape index (κ2) is 8.32. The SMILES string of the molecule is O=C(NCc1nnc2ccccn12)c1ccc(NS(=O)(=O)c2ccc(F)c(Cl)c2)cc1. The number of anilines is 1. The van der Waals surface area contributed by atoms with Gasteiger partial charge in [-0.1, -0.05) is 17.7 Å². The van der Waals surface area contributed by atoms with E-state index in [0.717, 1.165) is 18.2 Å². The minimum absolute atomic E-state index is 0.170. The normalized spacial score (nSPS) is 11.4. The summed E-state index contributed by atoms with van der Waals surface area (Å²) in [6.45, 7) is 0.170. The fourth-order valence-corrected chi connectivity index (χ4v) is 4.15. The summed E-state index contributed by atoms with van der Waals surface area (Å²) < 4.78 is 42.3. The number of carbonyl (C=O) groups is 1. The molecule has 4 rings (SSSR count). The number of aromatic nitrogens is 3. The first-order valence-corrected chi connectivity index (χ1v) is 10.8. The lowest BCUT2D eigenvalue weighted by Crippen LogP contribution is -2.24. The molecule has 2 aromatic heterocycles. The summed E-state index contributed by atoms with van der Waals surface area (Å²) in [7, 11) is -3.97. The monoisotopic (exact) mass is 459 g/mol. The standard InChI is InChI=1S/C20H15ClFN5O3S/c21-16-11-15(8-9-17(16)22)31(29,30)26-14-6-4-13(5-7-14)20(28)23-12-19-25-24-18-3-1-2-10-27(18)19/h1-11,26H,12H2,(H,23,28). The van der Waals surface area contributed by atoms with Crippen molar-refractivity contribution in [1.82, 2.24) is 19.9 Å². The summed E-state index contributed by atoms with van der Waals surface area (Å²) in [5.41, 5.74) is 1.24. The van der Waals surface area contributed by atoms with Crippen molar-refractivity contribution in [2.45, 2.75) is 11.4 Å². The third-order valence-corrected chi connectivity index (χ3v) is 6.06. The van der Waals surface area contributed by atoms with E-state index >= 15 is 0 Å². The minimum atomic E-state index is -3.97. The van der Waals surface area contributed by atoms with Crippen molar-refractivity contribution in [3.05, 3.63) is 89.1 Å². The molecule has 11 heteroatoms. The summed E-state index contributed by atoms with van der Waals surface area (Å²) in [5.74, 6) is -0.492. The fourth-order valence-electron chi connectivity index (χ4n) is 2.82. The van der Waals surface area contributed by atoms with Crippen LogP contribution in [0.15, 0.2) is 71.8 Å². The third kappa shape index (κ3) is 4.49. The van der Waals surface area contributed by atoms with Crippen LogP contribution in [0.4, 0.5) is 10.1 Å². The van der Waals surface area contributed by atoms with Gasteiger partial charge in [0.2, 0.25) is 0 Å². The van der Waals surface area contributed by atoms with Crippen LogP contribution in [0.2, 0.25) is 5.02 Å². The average Bonchev–Trinajstić information content (AvgIpc) is 3.17. The first kappa shape index (κ1) is 20.8. The Morgan fingerprint density at radius 2 is 1.84 bits per heavy atom. The third-order valence-electron chi connectivity index (χ3n) is 4.39. The molecule has 0 saturated carbocycles. The quantitative estimate of drug-likeness (QED) is 0.460. The molecule has 0 saturated heterocycles. The van der Waals surface area contributed by atoms with E-state index in [1.807, 2.05) is 12.1 Å². The summed E-state index contributed by atoms with van der Waals surface area (Å²) in [4.78, 5) is 12.2. The van der Waals surface area contributed by atoms with Gasteiger partial charge < -0.3 is 5.32 Å². The van der Waals surface area contributed by atoms with Gasteiger partial charge in [0.05, 0.1) is 16.5 Å². The summed E-state index contributed by atoms with van der Waals surface area (Å²) >= 11 is 5.66. The molecule has 0 aliphatic rings. The van der Waals surface area contributed by atoms with Gasteiger partial charge >= 0.3 is 0 Å². The molecular weight excluding hydrogens is 445 g/mol. The molecule has 31 heavy (non-hydrogen) atoms. The molecule has 2 aromatic carbocycles. The van der Waals surface area contributed by atoms with Crippen LogP contribution >= 0.6 is 11.6 Å². The van der Waals surface area contributed by atoms with Crippen LogP contribution in [0, 0.1) is 5.82 Å². The van der Waals surface area contributed by atoms with E-state index < -0.39 is 15.8 Å². The van der Waals surface area contributed by atoms with Crippen molar-refractivity contribution < 1.29 is 17.6 Å². The summed E-state index contributed by atoms with van der Waals surface area (Å²) in [5, 5.41) is 10.5. The number of hydrogen-bond donors (Lipinski definition) is 2. The van der Waals surface area contributed by atoms with Crippen LogP contribution in [0.5, 0.6) is 0 Å². The summed E-state index contributed by atoms with van der Waals surface area (Å²) in [6.07, 6.45) is 1.80. The van der Waals surface area contributed by atoms with Gasteiger partial charge in [-0.05, 0) is 54.6 Å². The highest BCUT2D eigenvalue weighted by Crippen LogP contribution is 2.22. The zero-order valence-corrected chi connectivity index (χ0v) is 17.4. The number of fused-ring (bicyclic) bond motifs is 1. The van der Waals surface area contributed by atoms with Gasteiger partial charge in [0.15, 0.2) is 11.5 Å². The zero-order chi connectivity index (χ0) is 22.0. The Kier molecular flexibility index (Phi) is 5.57. The van der Waals surface area contributed by atoms with E-state index in [9.17, 15) is 17.6 Å². The number of pyridine rings is 1. The molecule has 0 radical (unpaired) electrons. The van der Waals surface area contributed by atoms with E-state index in [1.165, 1.54) is 24.3 Å². The molecular formula is C20H15ClFN5O3S. The minimum Gasteiger partial charge on any atom is -0.345 e. The van der Waals surface area contributed by atoms with Crippen LogP contribution in [0.3, 0.4) is 0 Å². The Hall–Kier alpha value is -3.50. The maximum Gasteiger partial charge on any atom is 0.261 e. The molecule has 0 aliphatic heterocycles. The number of benzene rings is 2. The topological polar surface area (TPSA) is 105 Å². The Balaban J connectivity index is 1.42. The lowest BCUT2D eigenvalue weighted by molar-refractivity contribution is 0.0950. The predicted octanol–water partition coefficient (Wildman–Crippen LogP) is 3.25. The molecule has 0 bridgehead atoms. The number of rotatable bonds is 6. The number of sulfonamides is 1. The van der Waals surface area contributed by atoms with Gasteiger partial charge in [-0.25, -0.2) is 12.8 Å². The van der Waals surface area contributed by atoms with Gasteiger partial charge in [0.25, 0.3) is 15.9 Å². The van der Waals surface area contributed by atoms with Crippen molar-refractivity contribution in [3.63, 3.8) is 0 Å². The van der Waals surface area contributed by atoms with Crippen LogP contribution in [-0.2, 0) is 16.6 Å². The number of halogens is 2. The van der Waals surface area contributed by atoms with Gasteiger partial charge in [-0.15, -0.1) is 10.2 Å². The van der Waals surface area contributed by atoms with Gasteiger partial charge in [-0.3, -0.25) is 13.9 Å². The van der Waals surface area contributed by atoms with Crippen molar-refractivity contribution in [2.75, 3.05) is 4.72 Å². The largest absolute Gasteiger partial charge is 0.345 e. The van der Waals surface area contributed by atoms with E-state index in [0.29, 0.717) is 17.0 Å². The van der Waals surface area contributed by atoms with E-state index in [-0.39, 0.29) is 28.1 Å². The fraction of sp³-hybridized carbons (Fsp3) is 0.0500. The molecule has 8 nitrogen and oxygen atoms in total. The van der Waals surface area contributed by atoms with Gasteiger partial charge in [0, 0.05) is 17.4 Å². The predicted molar refractivity (Wildman–Crippen MR) is 113 cm³/mol. The second-order valence-electron chi connectivity index (χ2n) is 6.49. The molecule has 2 N–H and O–H groups in total. The molecule has 2 heterocycles. The second-order valence-corrected chi connectivity index (χ2v) is 8.58. The number of carbonyl (C=O) groups excluding carboxylic acids is 1. The smallest absolute Gasteiger partial charge is 0.261 e. The van der Waals surface area contributed by atoms with Crippen LogP contribution in [0.25, 0.3) is 5.65 Å². The van der Waals surface area contributed by atoms with Crippen molar-refractivity contribution >= 4 is 38.9 Å². The highest BCUT2D eigenvalue weighted by Gasteiger charge is 2.16. The van der Waals surface area contributed by atoms with E-state index in [4.69, 9.17) is 11.6 Å². The molecule has 0 atom stereocenters. The highest BCUT2D eigenvalue weighted by atomic mass is 35.5. The Morgan fingerprint density at radius 1 is 1.06 bits per heavy atom. The first-order valence-electron chi connectivity index (χ1n) is 8.98. The Labute approximate surface area is 181 Å². The number of nitrogens with zero attached hydrogens (tertiary/aromatic N) is 3. The van der Waals surface area contributed by atoms with Crippen LogP contribution < -0.4 is 10.0 Å². The number of nitrogens with one attached hydrogen (secondary N) is 2. The highest BCUT2D eigenvalue weighted by molar-refractivity contribution is 7.92. The zero-order valence-electron chi connectivity index (χ0n) is 15.8. The molecule has 0 fully saturated rings. The lowest BCUT2D eigenvalue weighted by Gasteiger charge is -2.10.